The van der Waals surface area contributed by atoms with E-state index < -0.39 is 0 Å². The lowest BCUT2D eigenvalue weighted by molar-refractivity contribution is 0.694. The number of benzene rings is 1. The number of aromatic nitrogens is 1. The van der Waals surface area contributed by atoms with E-state index in [1.165, 1.54) is 40.0 Å². The Labute approximate surface area is 118 Å². The van der Waals surface area contributed by atoms with Gasteiger partial charge in [0, 0.05) is 29.2 Å². The van der Waals surface area contributed by atoms with Crippen LogP contribution in [0.4, 0.5) is 0 Å². The van der Waals surface area contributed by atoms with Crippen molar-refractivity contribution in [3.05, 3.63) is 39.9 Å². The van der Waals surface area contributed by atoms with Gasteiger partial charge in [0.05, 0.1) is 0 Å². The molecule has 1 aliphatic rings. The van der Waals surface area contributed by atoms with Gasteiger partial charge < -0.3 is 5.32 Å². The summed E-state index contributed by atoms with van der Waals surface area (Å²) in [5, 5.41) is 4.69. The Morgan fingerprint density at radius 2 is 1.89 bits per heavy atom. The van der Waals surface area contributed by atoms with E-state index in [4.69, 9.17) is 0 Å². The number of nitrogens with one attached hydrogen (secondary N) is 1. The van der Waals surface area contributed by atoms with Crippen molar-refractivity contribution in [1.82, 2.24) is 10.3 Å². The second kappa shape index (κ2) is 5.06. The van der Waals surface area contributed by atoms with Gasteiger partial charge in [-0.3, -0.25) is 0 Å². The fourth-order valence-electron chi connectivity index (χ4n) is 2.24. The standard InChI is InChI=1S/C16H20N2S/c1-10-6-12(3)15(7-11(10)2)16-18-9-14(19-16)8-17-13-4-5-13/h6-7,9,13,17H,4-5,8H2,1-3H3. The molecule has 19 heavy (non-hydrogen) atoms. The quantitative estimate of drug-likeness (QED) is 0.910. The predicted molar refractivity (Wildman–Crippen MR) is 81.6 cm³/mol. The minimum atomic E-state index is 0.758. The fourth-order valence-corrected chi connectivity index (χ4v) is 3.18. The van der Waals surface area contributed by atoms with Crippen molar-refractivity contribution in [2.75, 3.05) is 0 Å². The lowest BCUT2D eigenvalue weighted by Crippen LogP contribution is -2.14. The Balaban J connectivity index is 1.83. The molecule has 0 aliphatic heterocycles. The SMILES string of the molecule is Cc1cc(C)c(-c2ncc(CNC3CC3)s2)cc1C. The Morgan fingerprint density at radius 3 is 2.63 bits per heavy atom. The average Bonchev–Trinajstić information content (AvgIpc) is 3.09. The first-order valence-corrected chi connectivity index (χ1v) is 7.71. The molecule has 100 valence electrons. The highest BCUT2D eigenvalue weighted by molar-refractivity contribution is 7.15. The van der Waals surface area contributed by atoms with Crippen molar-refractivity contribution < 1.29 is 0 Å². The van der Waals surface area contributed by atoms with E-state index in [0.717, 1.165) is 17.6 Å². The van der Waals surface area contributed by atoms with Gasteiger partial charge in [0.1, 0.15) is 5.01 Å². The number of aryl methyl sites for hydroxylation is 3. The van der Waals surface area contributed by atoms with Crippen LogP contribution in [0.3, 0.4) is 0 Å². The Bertz CT molecular complexity index is 597. The zero-order valence-corrected chi connectivity index (χ0v) is 12.6. The molecule has 1 fully saturated rings. The molecule has 0 spiro atoms. The fraction of sp³-hybridized carbons (Fsp3) is 0.438. The Kier molecular flexibility index (Phi) is 3.42. The van der Waals surface area contributed by atoms with Crippen molar-refractivity contribution in [3.8, 4) is 10.6 Å². The summed E-state index contributed by atoms with van der Waals surface area (Å²) in [5.74, 6) is 0. The van der Waals surface area contributed by atoms with Gasteiger partial charge in [-0.05, 0) is 56.4 Å². The third kappa shape index (κ3) is 2.88. The van der Waals surface area contributed by atoms with Crippen LogP contribution in [0.2, 0.25) is 0 Å². The molecule has 3 heteroatoms. The number of hydrogen-bond donors (Lipinski definition) is 1. The molecule has 0 unspecified atom stereocenters. The number of nitrogens with zero attached hydrogens (tertiary/aromatic N) is 1. The Hall–Kier alpha value is -1.19. The van der Waals surface area contributed by atoms with Crippen LogP contribution in [0.25, 0.3) is 10.6 Å². The molecule has 0 radical (unpaired) electrons. The summed E-state index contributed by atoms with van der Waals surface area (Å²) >= 11 is 1.81. The van der Waals surface area contributed by atoms with Gasteiger partial charge in [0.15, 0.2) is 0 Å². The summed E-state index contributed by atoms with van der Waals surface area (Å²) < 4.78 is 0. The molecule has 1 N–H and O–H groups in total. The lowest BCUT2D eigenvalue weighted by Gasteiger charge is -2.07. The van der Waals surface area contributed by atoms with Gasteiger partial charge in [-0.2, -0.15) is 0 Å². The lowest BCUT2D eigenvalue weighted by atomic mass is 10.0. The zero-order valence-electron chi connectivity index (χ0n) is 11.8. The maximum absolute atomic E-state index is 4.59. The van der Waals surface area contributed by atoms with Crippen LogP contribution < -0.4 is 5.32 Å². The summed E-state index contributed by atoms with van der Waals surface area (Å²) in [4.78, 5) is 5.93. The van der Waals surface area contributed by atoms with Crippen molar-refractivity contribution in [2.24, 2.45) is 0 Å². The largest absolute Gasteiger partial charge is 0.309 e. The first-order chi connectivity index (χ1) is 9.13. The maximum Gasteiger partial charge on any atom is 0.123 e. The third-order valence-corrected chi connectivity index (χ3v) is 4.80. The summed E-state index contributed by atoms with van der Waals surface area (Å²) in [6, 6.07) is 5.28. The van der Waals surface area contributed by atoms with Gasteiger partial charge in [-0.25, -0.2) is 4.98 Å². The molecule has 0 amide bonds. The predicted octanol–water partition coefficient (Wildman–Crippen LogP) is 3.99. The Morgan fingerprint density at radius 1 is 1.16 bits per heavy atom. The average molecular weight is 272 g/mol. The second-order valence-corrected chi connectivity index (χ2v) is 6.65. The van der Waals surface area contributed by atoms with E-state index in [-0.39, 0.29) is 0 Å². The van der Waals surface area contributed by atoms with E-state index in [1.54, 1.807) is 0 Å². The minimum absolute atomic E-state index is 0.758. The normalized spacial score (nSPS) is 14.9. The summed E-state index contributed by atoms with van der Waals surface area (Å²) in [6.07, 6.45) is 4.69. The molecule has 1 aliphatic carbocycles. The van der Waals surface area contributed by atoms with Gasteiger partial charge in [-0.1, -0.05) is 6.07 Å². The molecule has 0 saturated heterocycles. The van der Waals surface area contributed by atoms with Crippen LogP contribution in [-0.4, -0.2) is 11.0 Å². The molecular formula is C16H20N2S. The first kappa shape index (κ1) is 12.8. The molecule has 0 bridgehead atoms. The molecule has 0 atom stereocenters. The first-order valence-electron chi connectivity index (χ1n) is 6.90. The molecule has 2 nitrogen and oxygen atoms in total. The second-order valence-electron chi connectivity index (χ2n) is 5.54. The summed E-state index contributed by atoms with van der Waals surface area (Å²) in [7, 11) is 0. The van der Waals surface area contributed by atoms with Crippen LogP contribution in [0, 0.1) is 20.8 Å². The summed E-state index contributed by atoms with van der Waals surface area (Å²) in [5.41, 5.74) is 5.30. The van der Waals surface area contributed by atoms with Crippen molar-refractivity contribution in [1.29, 1.82) is 0 Å². The number of hydrogen-bond acceptors (Lipinski definition) is 3. The van der Waals surface area contributed by atoms with Crippen molar-refractivity contribution in [2.45, 2.75) is 46.2 Å². The molecule has 1 aromatic heterocycles. The van der Waals surface area contributed by atoms with Crippen molar-refractivity contribution in [3.63, 3.8) is 0 Å². The van der Waals surface area contributed by atoms with Crippen LogP contribution >= 0.6 is 11.3 Å². The maximum atomic E-state index is 4.59. The smallest absolute Gasteiger partial charge is 0.123 e. The molecule has 1 heterocycles. The van der Waals surface area contributed by atoms with E-state index in [1.807, 2.05) is 17.5 Å². The number of rotatable bonds is 4. The molecule has 1 saturated carbocycles. The van der Waals surface area contributed by atoms with Crippen LogP contribution in [0.5, 0.6) is 0 Å². The highest BCUT2D eigenvalue weighted by atomic mass is 32.1. The topological polar surface area (TPSA) is 24.9 Å². The van der Waals surface area contributed by atoms with E-state index >= 15 is 0 Å². The van der Waals surface area contributed by atoms with Gasteiger partial charge in [0.25, 0.3) is 0 Å². The highest BCUT2D eigenvalue weighted by Crippen LogP contribution is 2.30. The van der Waals surface area contributed by atoms with Crippen LogP contribution in [0.1, 0.15) is 34.4 Å². The molecule has 2 aromatic rings. The monoisotopic (exact) mass is 272 g/mol. The zero-order chi connectivity index (χ0) is 13.4. The van der Waals surface area contributed by atoms with Crippen LogP contribution in [-0.2, 0) is 6.54 Å². The molecular weight excluding hydrogens is 252 g/mol. The van der Waals surface area contributed by atoms with Gasteiger partial charge in [0.2, 0.25) is 0 Å². The van der Waals surface area contributed by atoms with E-state index in [2.05, 4.69) is 43.2 Å². The van der Waals surface area contributed by atoms with Crippen molar-refractivity contribution >= 4 is 11.3 Å². The van der Waals surface area contributed by atoms with Gasteiger partial charge >= 0.3 is 0 Å². The van der Waals surface area contributed by atoms with E-state index in [9.17, 15) is 0 Å². The summed E-state index contributed by atoms with van der Waals surface area (Å²) in [6.45, 7) is 7.47. The van der Waals surface area contributed by atoms with E-state index in [0.29, 0.717) is 0 Å². The van der Waals surface area contributed by atoms with Crippen LogP contribution in [0.15, 0.2) is 18.3 Å². The highest BCUT2D eigenvalue weighted by Gasteiger charge is 2.20. The molecule has 3 rings (SSSR count). The van der Waals surface area contributed by atoms with Gasteiger partial charge in [-0.15, -0.1) is 11.3 Å². The number of thiazole rings is 1. The molecule has 1 aromatic carbocycles. The minimum Gasteiger partial charge on any atom is -0.309 e. The third-order valence-electron chi connectivity index (χ3n) is 3.77.